The first kappa shape index (κ1) is 19.0. The van der Waals surface area contributed by atoms with Crippen LogP contribution in [0.1, 0.15) is 28.9 Å². The topological polar surface area (TPSA) is 76.6 Å². The number of amides is 1. The van der Waals surface area contributed by atoms with E-state index in [1.807, 2.05) is 36.1 Å². The molecule has 3 heterocycles. The number of nitrogens with zero attached hydrogens (tertiary/aromatic N) is 3. The van der Waals surface area contributed by atoms with Crippen molar-refractivity contribution in [2.24, 2.45) is 0 Å². The Kier molecular flexibility index (Phi) is 5.20. The number of methoxy groups -OCH3 is 2. The van der Waals surface area contributed by atoms with Crippen molar-refractivity contribution >= 4 is 28.3 Å². The molecule has 2 aromatic heterocycles. The van der Waals surface area contributed by atoms with E-state index in [2.05, 4.69) is 15.3 Å². The molecule has 1 amide bonds. The normalized spacial score (nSPS) is 13.6. The Morgan fingerprint density at radius 3 is 2.41 bits per heavy atom. The van der Waals surface area contributed by atoms with E-state index in [4.69, 9.17) is 9.47 Å². The van der Waals surface area contributed by atoms with Crippen LogP contribution in [0.25, 0.3) is 11.0 Å². The van der Waals surface area contributed by atoms with Gasteiger partial charge in [-0.3, -0.25) is 4.79 Å². The van der Waals surface area contributed by atoms with Gasteiger partial charge in [0.15, 0.2) is 5.65 Å². The minimum Gasteiger partial charge on any atom is -0.497 e. The zero-order valence-electron chi connectivity index (χ0n) is 16.9. The van der Waals surface area contributed by atoms with Gasteiger partial charge in [0.25, 0.3) is 5.91 Å². The summed E-state index contributed by atoms with van der Waals surface area (Å²) in [5.41, 5.74) is 3.45. The van der Waals surface area contributed by atoms with Crippen LogP contribution in [0.4, 0.5) is 11.4 Å². The molecule has 29 heavy (non-hydrogen) atoms. The maximum absolute atomic E-state index is 13.2. The molecule has 1 aliphatic heterocycles. The number of benzene rings is 1. The first-order chi connectivity index (χ1) is 14.1. The van der Waals surface area contributed by atoms with E-state index in [1.54, 1.807) is 26.5 Å². The summed E-state index contributed by atoms with van der Waals surface area (Å²) in [7, 11) is 3.21. The fourth-order valence-corrected chi connectivity index (χ4v) is 3.58. The van der Waals surface area contributed by atoms with Gasteiger partial charge in [-0.1, -0.05) is 0 Å². The molecule has 1 aliphatic rings. The summed E-state index contributed by atoms with van der Waals surface area (Å²) in [6.45, 7) is 3.47. The molecule has 0 saturated carbocycles. The van der Waals surface area contributed by atoms with Crippen molar-refractivity contribution in [3.8, 4) is 11.5 Å². The van der Waals surface area contributed by atoms with Crippen molar-refractivity contribution in [2.75, 3.05) is 32.6 Å². The fraction of sp³-hybridized carbons (Fsp3) is 0.318. The molecule has 0 atom stereocenters. The quantitative estimate of drug-likeness (QED) is 0.709. The van der Waals surface area contributed by atoms with Crippen molar-refractivity contribution in [3.05, 3.63) is 47.8 Å². The summed E-state index contributed by atoms with van der Waals surface area (Å²) in [4.78, 5) is 24.0. The molecule has 0 radical (unpaired) electrons. The number of aromatic nitrogens is 2. The minimum absolute atomic E-state index is 0.0187. The predicted molar refractivity (Wildman–Crippen MR) is 112 cm³/mol. The number of fused-ring (bicyclic) bond motifs is 1. The summed E-state index contributed by atoms with van der Waals surface area (Å²) < 4.78 is 10.8. The minimum atomic E-state index is -0.0187. The Morgan fingerprint density at radius 1 is 1.07 bits per heavy atom. The number of ether oxygens (including phenoxy) is 2. The number of pyridine rings is 2. The molecule has 0 bridgehead atoms. The molecule has 1 fully saturated rings. The van der Waals surface area contributed by atoms with Crippen molar-refractivity contribution in [1.29, 1.82) is 0 Å². The lowest BCUT2D eigenvalue weighted by Gasteiger charge is -2.20. The van der Waals surface area contributed by atoms with Crippen LogP contribution in [-0.4, -0.2) is 48.1 Å². The van der Waals surface area contributed by atoms with E-state index in [0.29, 0.717) is 28.4 Å². The predicted octanol–water partition coefficient (Wildman–Crippen LogP) is 3.94. The van der Waals surface area contributed by atoms with E-state index >= 15 is 0 Å². The lowest BCUT2D eigenvalue weighted by Crippen LogP contribution is -2.28. The molecule has 0 aliphatic carbocycles. The second-order valence-corrected chi connectivity index (χ2v) is 7.10. The Bertz CT molecular complexity index is 1040. The maximum Gasteiger partial charge on any atom is 0.257 e. The highest BCUT2D eigenvalue weighted by molar-refractivity contribution is 6.07. The van der Waals surface area contributed by atoms with Gasteiger partial charge in [-0.25, -0.2) is 9.97 Å². The van der Waals surface area contributed by atoms with E-state index in [0.717, 1.165) is 42.7 Å². The Labute approximate surface area is 169 Å². The number of rotatable bonds is 5. The summed E-state index contributed by atoms with van der Waals surface area (Å²) in [6.07, 6.45) is 3.68. The zero-order valence-corrected chi connectivity index (χ0v) is 16.9. The van der Waals surface area contributed by atoms with Gasteiger partial charge in [0.2, 0.25) is 0 Å². The van der Waals surface area contributed by atoms with E-state index in [1.165, 1.54) is 0 Å². The zero-order chi connectivity index (χ0) is 20.4. The Balaban J connectivity index is 1.84. The monoisotopic (exact) mass is 392 g/mol. The molecular formula is C22H24N4O3. The van der Waals surface area contributed by atoms with Crippen LogP contribution in [0.15, 0.2) is 36.5 Å². The van der Waals surface area contributed by atoms with Crippen molar-refractivity contribution in [3.63, 3.8) is 0 Å². The van der Waals surface area contributed by atoms with E-state index in [-0.39, 0.29) is 5.91 Å². The molecule has 4 rings (SSSR count). The lowest BCUT2D eigenvalue weighted by molar-refractivity contribution is 0.0793. The second-order valence-electron chi connectivity index (χ2n) is 7.10. The SMILES string of the molecule is COc1cc(Nc2c(C(=O)N3CCCC3)cnc3nc(C)ccc23)cc(OC)c1. The van der Waals surface area contributed by atoms with Gasteiger partial charge in [0, 0.05) is 54.3 Å². The van der Waals surface area contributed by atoms with Crippen LogP contribution in [-0.2, 0) is 0 Å². The van der Waals surface area contributed by atoms with Crippen LogP contribution in [0.3, 0.4) is 0 Å². The van der Waals surface area contributed by atoms with Gasteiger partial charge in [-0.05, 0) is 31.9 Å². The number of likely N-dealkylation sites (tertiary alicyclic amines) is 1. The summed E-state index contributed by atoms with van der Waals surface area (Å²) in [6, 6.07) is 9.40. The number of carbonyl (C=O) groups excluding carboxylic acids is 1. The van der Waals surface area contributed by atoms with Gasteiger partial charge < -0.3 is 19.7 Å². The highest BCUT2D eigenvalue weighted by Gasteiger charge is 2.24. The summed E-state index contributed by atoms with van der Waals surface area (Å²) in [5.74, 6) is 1.30. The number of hydrogen-bond acceptors (Lipinski definition) is 6. The number of carbonyl (C=O) groups is 1. The van der Waals surface area contributed by atoms with Crippen molar-refractivity contribution < 1.29 is 14.3 Å². The molecule has 1 aromatic carbocycles. The first-order valence-electron chi connectivity index (χ1n) is 9.65. The number of aryl methyl sites for hydroxylation is 1. The molecule has 1 saturated heterocycles. The third kappa shape index (κ3) is 3.81. The number of anilines is 2. The van der Waals surface area contributed by atoms with Crippen LogP contribution in [0, 0.1) is 6.92 Å². The molecule has 1 N–H and O–H groups in total. The van der Waals surface area contributed by atoms with E-state index in [9.17, 15) is 4.79 Å². The standard InChI is InChI=1S/C22H24N4O3/c1-14-6-7-18-20(25-15-10-16(28-2)12-17(11-15)29-3)19(13-23-21(18)24-14)22(27)26-8-4-5-9-26/h6-7,10-13H,4-5,8-9H2,1-3H3,(H,23,24,25). The molecule has 7 nitrogen and oxygen atoms in total. The van der Waals surface area contributed by atoms with Gasteiger partial charge in [-0.2, -0.15) is 0 Å². The number of hydrogen-bond donors (Lipinski definition) is 1. The van der Waals surface area contributed by atoms with Gasteiger partial charge in [-0.15, -0.1) is 0 Å². The van der Waals surface area contributed by atoms with Gasteiger partial charge >= 0.3 is 0 Å². The molecular weight excluding hydrogens is 368 g/mol. The molecule has 3 aromatic rings. The molecule has 150 valence electrons. The second kappa shape index (κ2) is 7.95. The number of nitrogens with one attached hydrogen (secondary N) is 1. The third-order valence-electron chi connectivity index (χ3n) is 5.11. The summed E-state index contributed by atoms with van der Waals surface area (Å²) in [5, 5.41) is 4.20. The smallest absolute Gasteiger partial charge is 0.257 e. The van der Waals surface area contributed by atoms with Crippen LogP contribution in [0.5, 0.6) is 11.5 Å². The fourth-order valence-electron chi connectivity index (χ4n) is 3.58. The van der Waals surface area contributed by atoms with Gasteiger partial charge in [0.05, 0.1) is 25.5 Å². The van der Waals surface area contributed by atoms with E-state index < -0.39 is 0 Å². The Morgan fingerprint density at radius 2 is 1.76 bits per heavy atom. The first-order valence-corrected chi connectivity index (χ1v) is 9.65. The third-order valence-corrected chi connectivity index (χ3v) is 5.11. The van der Waals surface area contributed by atoms with Gasteiger partial charge in [0.1, 0.15) is 11.5 Å². The van der Waals surface area contributed by atoms with Crippen molar-refractivity contribution in [1.82, 2.24) is 14.9 Å². The van der Waals surface area contributed by atoms with Crippen LogP contribution in [0.2, 0.25) is 0 Å². The molecule has 0 unspecified atom stereocenters. The molecule has 7 heteroatoms. The van der Waals surface area contributed by atoms with Crippen molar-refractivity contribution in [2.45, 2.75) is 19.8 Å². The van der Waals surface area contributed by atoms with Crippen LogP contribution >= 0.6 is 0 Å². The average Bonchev–Trinajstić information content (AvgIpc) is 3.28. The highest BCUT2D eigenvalue weighted by Crippen LogP contribution is 2.33. The summed E-state index contributed by atoms with van der Waals surface area (Å²) >= 11 is 0. The molecule has 0 spiro atoms. The van der Waals surface area contributed by atoms with Crippen LogP contribution < -0.4 is 14.8 Å². The highest BCUT2D eigenvalue weighted by atomic mass is 16.5. The largest absolute Gasteiger partial charge is 0.497 e. The maximum atomic E-state index is 13.2. The Hall–Kier alpha value is -3.35. The lowest BCUT2D eigenvalue weighted by atomic mass is 10.1. The average molecular weight is 392 g/mol.